The van der Waals surface area contributed by atoms with Crippen LogP contribution in [0, 0.1) is 13.8 Å². The van der Waals surface area contributed by atoms with Gasteiger partial charge in [0, 0.05) is 46.3 Å². The number of rotatable bonds is 5. The van der Waals surface area contributed by atoms with Crippen molar-refractivity contribution in [3.63, 3.8) is 0 Å². The molecule has 1 aliphatic heterocycles. The van der Waals surface area contributed by atoms with Crippen LogP contribution in [0.5, 0.6) is 0 Å². The molecule has 6 heteroatoms. The molecule has 3 heterocycles. The fourth-order valence-electron chi connectivity index (χ4n) is 3.93. The molecular formula is C26H26N4O2. The molecule has 2 amide bonds. The van der Waals surface area contributed by atoms with Gasteiger partial charge in [-0.1, -0.05) is 36.4 Å². The summed E-state index contributed by atoms with van der Waals surface area (Å²) in [5.41, 5.74) is 8.21. The number of anilines is 1. The molecule has 162 valence electrons. The first-order chi connectivity index (χ1) is 15.6. The van der Waals surface area contributed by atoms with E-state index in [1.54, 1.807) is 0 Å². The summed E-state index contributed by atoms with van der Waals surface area (Å²) < 4.78 is 0. The number of H-pyrrole nitrogens is 2. The van der Waals surface area contributed by atoms with E-state index >= 15 is 0 Å². The monoisotopic (exact) mass is 426 g/mol. The van der Waals surface area contributed by atoms with Gasteiger partial charge < -0.3 is 20.6 Å². The second-order valence-corrected chi connectivity index (χ2v) is 7.79. The summed E-state index contributed by atoms with van der Waals surface area (Å²) >= 11 is 0. The van der Waals surface area contributed by atoms with Crippen LogP contribution in [0.3, 0.4) is 0 Å². The van der Waals surface area contributed by atoms with E-state index in [1.165, 1.54) is 10.9 Å². The van der Waals surface area contributed by atoms with E-state index < -0.39 is 0 Å². The summed E-state index contributed by atoms with van der Waals surface area (Å²) in [7, 11) is 0. The summed E-state index contributed by atoms with van der Waals surface area (Å²) in [4.78, 5) is 28.5. The topological polar surface area (TPSA) is 89.8 Å². The zero-order valence-electron chi connectivity index (χ0n) is 18.2. The number of hydrogen-bond acceptors (Lipinski definition) is 2. The molecule has 32 heavy (non-hydrogen) atoms. The smallest absolute Gasteiger partial charge is 0.256 e. The van der Waals surface area contributed by atoms with E-state index in [0.717, 1.165) is 52.1 Å². The largest absolute Gasteiger partial charge is 0.361 e. The molecule has 2 aromatic heterocycles. The Labute approximate surface area is 186 Å². The Morgan fingerprint density at radius 2 is 1.81 bits per heavy atom. The standard InChI is InChI=1S/C15H14N2O.C11H12N2O/c1-9-7-10(2)16-14(9)8-12-11-5-3-4-6-13(11)17-15(12)18;14-8-12-6-5-9-7-13-11-4-2-1-3-10(9)11/h3-8,16H,1-2H3,(H,17,18);1-4,7-8,13H,5-6H2,(H,12,14)/b12-8-;. The maximum atomic E-state index is 12.0. The summed E-state index contributed by atoms with van der Waals surface area (Å²) in [6.07, 6.45) is 5.51. The highest BCUT2D eigenvalue weighted by molar-refractivity contribution is 6.34. The van der Waals surface area contributed by atoms with Crippen LogP contribution >= 0.6 is 0 Å². The van der Waals surface area contributed by atoms with Crippen LogP contribution in [0.15, 0.2) is 60.8 Å². The molecule has 0 saturated carbocycles. The number of aromatic nitrogens is 2. The van der Waals surface area contributed by atoms with E-state index in [2.05, 4.69) is 32.7 Å². The highest BCUT2D eigenvalue weighted by Crippen LogP contribution is 2.32. The van der Waals surface area contributed by atoms with Gasteiger partial charge in [0.25, 0.3) is 5.91 Å². The molecule has 0 aliphatic carbocycles. The first-order valence-corrected chi connectivity index (χ1v) is 10.6. The fraction of sp³-hybridized carbons (Fsp3) is 0.154. The third kappa shape index (κ3) is 4.49. The minimum atomic E-state index is -0.0390. The zero-order chi connectivity index (χ0) is 22.5. The van der Waals surface area contributed by atoms with Crippen LogP contribution in [-0.2, 0) is 16.0 Å². The van der Waals surface area contributed by atoms with Crippen molar-refractivity contribution >= 4 is 40.6 Å². The quantitative estimate of drug-likeness (QED) is 0.214. The van der Waals surface area contributed by atoms with Gasteiger partial charge in [0.05, 0.1) is 5.57 Å². The molecule has 0 atom stereocenters. The van der Waals surface area contributed by atoms with Crippen molar-refractivity contribution in [2.24, 2.45) is 0 Å². The first-order valence-electron chi connectivity index (χ1n) is 10.6. The lowest BCUT2D eigenvalue weighted by molar-refractivity contribution is -0.111. The Bertz CT molecular complexity index is 1300. The lowest BCUT2D eigenvalue weighted by Crippen LogP contribution is -2.14. The molecule has 0 unspecified atom stereocenters. The number of benzene rings is 2. The number of amides is 2. The lowest BCUT2D eigenvalue weighted by atomic mass is 10.1. The molecule has 0 spiro atoms. The van der Waals surface area contributed by atoms with Crippen LogP contribution in [0.1, 0.15) is 28.1 Å². The number of carbonyl (C=O) groups excluding carboxylic acids is 2. The van der Waals surface area contributed by atoms with Gasteiger partial charge in [-0.05, 0) is 55.7 Å². The van der Waals surface area contributed by atoms with Crippen molar-refractivity contribution in [1.82, 2.24) is 15.3 Å². The van der Waals surface area contributed by atoms with Crippen molar-refractivity contribution in [2.75, 3.05) is 11.9 Å². The van der Waals surface area contributed by atoms with Gasteiger partial charge in [-0.15, -0.1) is 0 Å². The predicted octanol–water partition coefficient (Wildman–Crippen LogP) is 4.58. The fourth-order valence-corrected chi connectivity index (χ4v) is 3.93. The third-order valence-corrected chi connectivity index (χ3v) is 5.49. The molecule has 2 aromatic carbocycles. The molecule has 5 rings (SSSR count). The Kier molecular flexibility index (Phi) is 6.22. The van der Waals surface area contributed by atoms with E-state index in [-0.39, 0.29) is 5.91 Å². The third-order valence-electron chi connectivity index (χ3n) is 5.49. The Morgan fingerprint density at radius 1 is 1.03 bits per heavy atom. The van der Waals surface area contributed by atoms with Gasteiger partial charge >= 0.3 is 0 Å². The maximum absolute atomic E-state index is 12.0. The molecular weight excluding hydrogens is 400 g/mol. The van der Waals surface area contributed by atoms with Crippen molar-refractivity contribution in [2.45, 2.75) is 20.3 Å². The van der Waals surface area contributed by atoms with Crippen LogP contribution < -0.4 is 10.6 Å². The number of aryl methyl sites for hydroxylation is 2. The number of fused-ring (bicyclic) bond motifs is 2. The number of para-hydroxylation sites is 2. The maximum Gasteiger partial charge on any atom is 0.256 e. The SMILES string of the molecule is Cc1cc(C)c(/C=C2\C(=O)Nc3ccccc32)[nH]1.O=CNCCc1c[nH]c2ccccc12. The average Bonchev–Trinajstić information content (AvgIpc) is 3.44. The van der Waals surface area contributed by atoms with Crippen molar-refractivity contribution in [1.29, 1.82) is 0 Å². The molecule has 4 aromatic rings. The molecule has 0 radical (unpaired) electrons. The molecule has 0 bridgehead atoms. The molecule has 0 fully saturated rings. The molecule has 4 N–H and O–H groups in total. The first kappa shape index (κ1) is 21.2. The second-order valence-electron chi connectivity index (χ2n) is 7.79. The minimum Gasteiger partial charge on any atom is -0.361 e. The summed E-state index contributed by atoms with van der Waals surface area (Å²) in [5, 5.41) is 6.77. The summed E-state index contributed by atoms with van der Waals surface area (Å²) in [6, 6.07) is 18.0. The zero-order valence-corrected chi connectivity index (χ0v) is 18.2. The highest BCUT2D eigenvalue weighted by Gasteiger charge is 2.23. The van der Waals surface area contributed by atoms with Crippen molar-refractivity contribution in [3.05, 3.63) is 88.9 Å². The Hall–Kier alpha value is -4.06. The Balaban J connectivity index is 0.000000158. The lowest BCUT2D eigenvalue weighted by Gasteiger charge is -1.97. The molecule has 1 aliphatic rings. The van der Waals surface area contributed by atoms with Gasteiger partial charge in [-0.25, -0.2) is 0 Å². The highest BCUT2D eigenvalue weighted by atomic mass is 16.2. The van der Waals surface area contributed by atoms with Crippen LogP contribution in [0.4, 0.5) is 5.69 Å². The van der Waals surface area contributed by atoms with E-state index in [9.17, 15) is 9.59 Å². The number of aromatic amines is 2. The second kappa shape index (κ2) is 9.39. The van der Waals surface area contributed by atoms with E-state index in [0.29, 0.717) is 6.54 Å². The van der Waals surface area contributed by atoms with Crippen molar-refractivity contribution in [3.8, 4) is 0 Å². The summed E-state index contributed by atoms with van der Waals surface area (Å²) in [5.74, 6) is -0.0390. The molecule has 6 nitrogen and oxygen atoms in total. The average molecular weight is 427 g/mol. The van der Waals surface area contributed by atoms with E-state index in [1.807, 2.05) is 68.6 Å². The van der Waals surface area contributed by atoms with Crippen LogP contribution in [0.2, 0.25) is 0 Å². The normalized spacial score (nSPS) is 13.4. The van der Waals surface area contributed by atoms with Crippen molar-refractivity contribution < 1.29 is 9.59 Å². The Morgan fingerprint density at radius 3 is 2.59 bits per heavy atom. The van der Waals surface area contributed by atoms with Gasteiger partial charge in [0.1, 0.15) is 0 Å². The van der Waals surface area contributed by atoms with Crippen LogP contribution in [-0.4, -0.2) is 28.8 Å². The predicted molar refractivity (Wildman–Crippen MR) is 129 cm³/mol. The van der Waals surface area contributed by atoms with Crippen LogP contribution in [0.25, 0.3) is 22.6 Å². The molecule has 0 saturated heterocycles. The number of hydrogen-bond donors (Lipinski definition) is 4. The van der Waals surface area contributed by atoms with Gasteiger partial charge in [0.2, 0.25) is 6.41 Å². The van der Waals surface area contributed by atoms with Gasteiger partial charge in [-0.2, -0.15) is 0 Å². The van der Waals surface area contributed by atoms with E-state index in [4.69, 9.17) is 0 Å². The van der Waals surface area contributed by atoms with Gasteiger partial charge in [-0.3, -0.25) is 9.59 Å². The summed E-state index contributed by atoms with van der Waals surface area (Å²) in [6.45, 7) is 4.73. The van der Waals surface area contributed by atoms with Gasteiger partial charge in [0.15, 0.2) is 0 Å². The number of carbonyl (C=O) groups is 2. The minimum absolute atomic E-state index is 0.0390. The number of nitrogens with one attached hydrogen (secondary N) is 4.